The lowest BCUT2D eigenvalue weighted by atomic mass is 10.2. The normalized spacial score (nSPS) is 11.9. The molecular weight excluding hydrogens is 495 g/mol. The van der Waals surface area contributed by atoms with E-state index in [1.165, 1.54) is 0 Å². The second-order valence-corrected chi connectivity index (χ2v) is 6.58. The van der Waals surface area contributed by atoms with E-state index in [1.807, 2.05) is 57.2 Å². The number of nitrogens with zero attached hydrogens (tertiary/aromatic N) is 2. The first-order valence-electron chi connectivity index (χ1n) is 9.94. The molecule has 0 saturated carbocycles. The number of nitrogens with one attached hydrogen (secondary N) is 2. The number of para-hydroxylation sites is 1. The van der Waals surface area contributed by atoms with Gasteiger partial charge in [0.25, 0.3) is 0 Å². The highest BCUT2D eigenvalue weighted by Crippen LogP contribution is 2.17. The minimum absolute atomic E-state index is 0. The number of aliphatic imine (C=N–C) groups is 1. The van der Waals surface area contributed by atoms with Gasteiger partial charge in [0.15, 0.2) is 5.96 Å². The summed E-state index contributed by atoms with van der Waals surface area (Å²) in [6, 6.07) is 11.9. The van der Waals surface area contributed by atoms with E-state index in [0.717, 1.165) is 29.4 Å². The highest BCUT2D eigenvalue weighted by Gasteiger charge is 2.08. The summed E-state index contributed by atoms with van der Waals surface area (Å²) < 4.78 is 16.7. The van der Waals surface area contributed by atoms with E-state index in [2.05, 4.69) is 20.6 Å². The molecule has 1 atom stereocenters. The molecule has 0 fully saturated rings. The number of hydrogen-bond acceptors (Lipinski definition) is 5. The van der Waals surface area contributed by atoms with Crippen molar-refractivity contribution in [3.63, 3.8) is 0 Å². The molecule has 7 nitrogen and oxygen atoms in total. The molecule has 0 spiro atoms. The average molecular weight is 528 g/mol. The molecule has 166 valence electrons. The number of benzene rings is 1. The first kappa shape index (κ1) is 26.0. The van der Waals surface area contributed by atoms with Crippen LogP contribution in [0.4, 0.5) is 0 Å². The number of pyridine rings is 1. The summed E-state index contributed by atoms with van der Waals surface area (Å²) in [5.74, 6) is 2.21. The third kappa shape index (κ3) is 9.17. The minimum atomic E-state index is -0.00807. The Balaban J connectivity index is 0.00000450. The van der Waals surface area contributed by atoms with Crippen molar-refractivity contribution in [3.05, 3.63) is 53.7 Å². The largest absolute Gasteiger partial charge is 0.489 e. The lowest BCUT2D eigenvalue weighted by molar-refractivity contribution is 0.143. The highest BCUT2D eigenvalue weighted by molar-refractivity contribution is 14.0. The molecule has 1 heterocycles. The van der Waals surface area contributed by atoms with E-state index in [-0.39, 0.29) is 30.1 Å². The van der Waals surface area contributed by atoms with Crippen LogP contribution >= 0.6 is 24.0 Å². The molecule has 1 aromatic carbocycles. The maximum Gasteiger partial charge on any atom is 0.218 e. The van der Waals surface area contributed by atoms with Crippen molar-refractivity contribution < 1.29 is 14.2 Å². The number of hydrogen-bond donors (Lipinski definition) is 2. The molecule has 8 heteroatoms. The standard InChI is InChI=1S/C22H32N4O3.HI/c1-5-23-22(25-15-18(3)29-20-11-7-6-9-17(20)2)26-16-19-10-8-12-24-21(19)28-14-13-27-4;/h6-12,18H,5,13-16H2,1-4H3,(H2,23,25,26);1H. The average Bonchev–Trinajstić information content (AvgIpc) is 2.73. The second kappa shape index (κ2) is 14.8. The summed E-state index contributed by atoms with van der Waals surface area (Å²) in [6.07, 6.45) is 1.70. The summed E-state index contributed by atoms with van der Waals surface area (Å²) >= 11 is 0. The topological polar surface area (TPSA) is 77.0 Å². The molecule has 30 heavy (non-hydrogen) atoms. The Hall–Kier alpha value is -2.07. The van der Waals surface area contributed by atoms with Gasteiger partial charge >= 0.3 is 0 Å². The lowest BCUT2D eigenvalue weighted by Gasteiger charge is -2.19. The summed E-state index contributed by atoms with van der Waals surface area (Å²) in [5, 5.41) is 6.59. The van der Waals surface area contributed by atoms with Gasteiger partial charge in [0.2, 0.25) is 5.88 Å². The Morgan fingerprint density at radius 3 is 2.67 bits per heavy atom. The summed E-state index contributed by atoms with van der Waals surface area (Å²) in [5.41, 5.74) is 2.04. The van der Waals surface area contributed by atoms with Crippen LogP contribution in [0.1, 0.15) is 25.0 Å². The van der Waals surface area contributed by atoms with Crippen molar-refractivity contribution in [2.24, 2.45) is 4.99 Å². The van der Waals surface area contributed by atoms with E-state index in [0.29, 0.717) is 32.2 Å². The van der Waals surface area contributed by atoms with Crippen molar-refractivity contribution in [2.75, 3.05) is 33.4 Å². The van der Waals surface area contributed by atoms with Crippen LogP contribution in [-0.4, -0.2) is 50.5 Å². The molecule has 0 aliphatic carbocycles. The predicted molar refractivity (Wildman–Crippen MR) is 131 cm³/mol. The van der Waals surface area contributed by atoms with Gasteiger partial charge in [-0.3, -0.25) is 0 Å². The molecular formula is C22H33IN4O3. The second-order valence-electron chi connectivity index (χ2n) is 6.58. The predicted octanol–water partition coefficient (Wildman–Crippen LogP) is 3.56. The number of aromatic nitrogens is 1. The Kier molecular flexibility index (Phi) is 12.8. The van der Waals surface area contributed by atoms with Gasteiger partial charge in [-0.15, -0.1) is 24.0 Å². The maximum atomic E-state index is 6.02. The number of aryl methyl sites for hydroxylation is 1. The van der Waals surface area contributed by atoms with E-state index >= 15 is 0 Å². The van der Waals surface area contributed by atoms with Gasteiger partial charge in [0.05, 0.1) is 19.7 Å². The van der Waals surface area contributed by atoms with Crippen LogP contribution in [0.5, 0.6) is 11.6 Å². The number of ether oxygens (including phenoxy) is 3. The number of methoxy groups -OCH3 is 1. The van der Waals surface area contributed by atoms with Crippen LogP contribution in [0.3, 0.4) is 0 Å². The van der Waals surface area contributed by atoms with E-state index in [1.54, 1.807) is 13.3 Å². The van der Waals surface area contributed by atoms with Crippen LogP contribution < -0.4 is 20.1 Å². The quantitative estimate of drug-likeness (QED) is 0.201. The summed E-state index contributed by atoms with van der Waals surface area (Å²) in [6.45, 7) is 8.94. The van der Waals surface area contributed by atoms with Gasteiger partial charge < -0.3 is 24.8 Å². The fourth-order valence-electron chi connectivity index (χ4n) is 2.59. The van der Waals surface area contributed by atoms with E-state index < -0.39 is 0 Å². The SMILES string of the molecule is CCNC(=NCc1cccnc1OCCOC)NCC(C)Oc1ccccc1C.I. The van der Waals surface area contributed by atoms with Crippen LogP contribution in [0.15, 0.2) is 47.6 Å². The zero-order chi connectivity index (χ0) is 20.9. The van der Waals surface area contributed by atoms with Crippen molar-refractivity contribution in [3.8, 4) is 11.6 Å². The fourth-order valence-corrected chi connectivity index (χ4v) is 2.59. The van der Waals surface area contributed by atoms with Gasteiger partial charge in [0.1, 0.15) is 18.5 Å². The monoisotopic (exact) mass is 528 g/mol. The highest BCUT2D eigenvalue weighted by atomic mass is 127. The van der Waals surface area contributed by atoms with Crippen LogP contribution in [0.25, 0.3) is 0 Å². The van der Waals surface area contributed by atoms with Gasteiger partial charge in [0, 0.05) is 25.4 Å². The maximum absolute atomic E-state index is 6.02. The van der Waals surface area contributed by atoms with Crippen molar-refractivity contribution >= 4 is 29.9 Å². The van der Waals surface area contributed by atoms with Crippen LogP contribution in [-0.2, 0) is 11.3 Å². The third-order valence-electron chi connectivity index (χ3n) is 4.11. The van der Waals surface area contributed by atoms with Gasteiger partial charge in [-0.25, -0.2) is 9.98 Å². The molecule has 0 saturated heterocycles. The Labute approximate surface area is 196 Å². The molecule has 1 unspecified atom stereocenters. The molecule has 0 amide bonds. The smallest absolute Gasteiger partial charge is 0.218 e. The molecule has 2 aromatic rings. The Morgan fingerprint density at radius 1 is 1.13 bits per heavy atom. The number of rotatable bonds is 11. The fraction of sp³-hybridized carbons (Fsp3) is 0.455. The molecule has 0 aliphatic heterocycles. The van der Waals surface area contributed by atoms with Gasteiger partial charge in [-0.1, -0.05) is 24.3 Å². The van der Waals surface area contributed by atoms with Gasteiger partial charge in [-0.05, 0) is 38.5 Å². The van der Waals surface area contributed by atoms with Crippen molar-refractivity contribution in [2.45, 2.75) is 33.4 Å². The Bertz CT molecular complexity index is 774. The minimum Gasteiger partial charge on any atom is -0.489 e. The zero-order valence-corrected chi connectivity index (χ0v) is 20.5. The van der Waals surface area contributed by atoms with E-state index in [9.17, 15) is 0 Å². The Morgan fingerprint density at radius 2 is 1.93 bits per heavy atom. The van der Waals surface area contributed by atoms with Crippen molar-refractivity contribution in [1.29, 1.82) is 0 Å². The third-order valence-corrected chi connectivity index (χ3v) is 4.11. The molecule has 1 aromatic heterocycles. The molecule has 0 bridgehead atoms. The van der Waals surface area contributed by atoms with Gasteiger partial charge in [-0.2, -0.15) is 0 Å². The number of halogens is 1. The molecule has 0 aliphatic rings. The van der Waals surface area contributed by atoms with Crippen LogP contribution in [0, 0.1) is 6.92 Å². The lowest BCUT2D eigenvalue weighted by Crippen LogP contribution is -2.41. The zero-order valence-electron chi connectivity index (χ0n) is 18.2. The first-order valence-corrected chi connectivity index (χ1v) is 9.94. The molecule has 2 rings (SSSR count). The van der Waals surface area contributed by atoms with Crippen molar-refractivity contribution in [1.82, 2.24) is 15.6 Å². The summed E-state index contributed by atoms with van der Waals surface area (Å²) in [7, 11) is 1.64. The van der Waals surface area contributed by atoms with E-state index in [4.69, 9.17) is 14.2 Å². The summed E-state index contributed by atoms with van der Waals surface area (Å²) in [4.78, 5) is 8.95. The van der Waals surface area contributed by atoms with Crippen LogP contribution in [0.2, 0.25) is 0 Å². The molecule has 0 radical (unpaired) electrons. The first-order chi connectivity index (χ1) is 14.1. The molecule has 2 N–H and O–H groups in total. The number of guanidine groups is 1.